The van der Waals surface area contributed by atoms with Gasteiger partial charge in [0.1, 0.15) is 6.33 Å². The van der Waals surface area contributed by atoms with E-state index in [2.05, 4.69) is 9.97 Å². The zero-order valence-electron chi connectivity index (χ0n) is 9.35. The Hall–Kier alpha value is -2.44. The maximum Gasteiger partial charge on any atom is 0.356 e. The van der Waals surface area contributed by atoms with Crippen LogP contribution in [0.2, 0.25) is 0 Å². The zero-order valence-corrected chi connectivity index (χ0v) is 9.35. The molecule has 0 bridgehead atoms. The van der Waals surface area contributed by atoms with Crippen LogP contribution in [0.1, 0.15) is 29.4 Å². The van der Waals surface area contributed by atoms with Gasteiger partial charge in [0.15, 0.2) is 5.69 Å². The van der Waals surface area contributed by atoms with E-state index in [0.29, 0.717) is 0 Å². The van der Waals surface area contributed by atoms with Crippen molar-refractivity contribution in [2.24, 2.45) is 0 Å². The van der Waals surface area contributed by atoms with Crippen molar-refractivity contribution < 1.29 is 9.90 Å². The van der Waals surface area contributed by atoms with Gasteiger partial charge in [0.2, 0.25) is 5.82 Å². The van der Waals surface area contributed by atoms with Gasteiger partial charge in [-0.3, -0.25) is 9.36 Å². The van der Waals surface area contributed by atoms with Crippen LogP contribution in [-0.2, 0) is 0 Å². The molecule has 1 N–H and O–H groups in total. The van der Waals surface area contributed by atoms with E-state index in [0.717, 1.165) is 12.8 Å². The first kappa shape index (κ1) is 10.7. The first-order valence-electron chi connectivity index (χ1n) is 5.51. The Labute approximate surface area is 101 Å². The summed E-state index contributed by atoms with van der Waals surface area (Å²) in [4.78, 5) is 30.6. The van der Waals surface area contributed by atoms with Gasteiger partial charge in [-0.15, -0.1) is 0 Å². The highest BCUT2D eigenvalue weighted by Gasteiger charge is 2.25. The third-order valence-corrected chi connectivity index (χ3v) is 2.84. The van der Waals surface area contributed by atoms with Crippen molar-refractivity contribution in [2.75, 3.05) is 0 Å². The van der Waals surface area contributed by atoms with Gasteiger partial charge in [0.25, 0.3) is 5.56 Å². The van der Waals surface area contributed by atoms with Crippen LogP contribution in [0.15, 0.2) is 29.7 Å². The zero-order chi connectivity index (χ0) is 12.7. The minimum Gasteiger partial charge on any atom is -0.476 e. The minimum absolute atomic E-state index is 0.113. The van der Waals surface area contributed by atoms with Gasteiger partial charge in [-0.1, -0.05) is 0 Å². The molecule has 2 aromatic rings. The summed E-state index contributed by atoms with van der Waals surface area (Å²) in [5.74, 6) is -0.961. The summed E-state index contributed by atoms with van der Waals surface area (Å²) in [6, 6.07) is 0.252. The fraction of sp³-hybridized carbons (Fsp3) is 0.273. The SMILES string of the molecule is O=C(O)c1cn(-c2nccn(C3CC3)c2=O)cn1. The average molecular weight is 246 g/mol. The summed E-state index contributed by atoms with van der Waals surface area (Å²) in [5.41, 5.74) is -0.340. The molecule has 2 aromatic heterocycles. The molecule has 1 saturated carbocycles. The number of nitrogens with zero attached hydrogens (tertiary/aromatic N) is 4. The summed E-state index contributed by atoms with van der Waals surface area (Å²) in [6.45, 7) is 0. The number of hydrogen-bond acceptors (Lipinski definition) is 4. The van der Waals surface area contributed by atoms with Crippen molar-refractivity contribution in [3.63, 3.8) is 0 Å². The lowest BCUT2D eigenvalue weighted by Gasteiger charge is -2.05. The van der Waals surface area contributed by atoms with E-state index in [1.165, 1.54) is 23.3 Å². The predicted molar refractivity (Wildman–Crippen MR) is 60.8 cm³/mol. The van der Waals surface area contributed by atoms with Gasteiger partial charge in [-0.05, 0) is 12.8 Å². The maximum atomic E-state index is 12.1. The van der Waals surface area contributed by atoms with Crippen LogP contribution in [0.4, 0.5) is 0 Å². The topological polar surface area (TPSA) is 90.0 Å². The Morgan fingerprint density at radius 2 is 2.17 bits per heavy atom. The van der Waals surface area contributed by atoms with E-state index in [1.54, 1.807) is 10.8 Å². The van der Waals surface area contributed by atoms with Crippen molar-refractivity contribution in [3.05, 3.63) is 41.0 Å². The first-order chi connectivity index (χ1) is 8.66. The van der Waals surface area contributed by atoms with Crippen molar-refractivity contribution in [3.8, 4) is 5.82 Å². The monoisotopic (exact) mass is 246 g/mol. The summed E-state index contributed by atoms with van der Waals surface area (Å²) >= 11 is 0. The highest BCUT2D eigenvalue weighted by molar-refractivity contribution is 5.85. The van der Waals surface area contributed by atoms with E-state index in [9.17, 15) is 9.59 Å². The van der Waals surface area contributed by atoms with Crippen molar-refractivity contribution in [2.45, 2.75) is 18.9 Å². The molecule has 0 radical (unpaired) electrons. The molecular formula is C11H10N4O3. The van der Waals surface area contributed by atoms with Gasteiger partial charge in [-0.25, -0.2) is 14.8 Å². The summed E-state index contributed by atoms with van der Waals surface area (Å²) < 4.78 is 2.97. The summed E-state index contributed by atoms with van der Waals surface area (Å²) in [6.07, 6.45) is 7.74. The Bertz CT molecular complexity index is 669. The van der Waals surface area contributed by atoms with Gasteiger partial charge in [0.05, 0.1) is 0 Å². The number of carboxylic acids is 1. The fourth-order valence-corrected chi connectivity index (χ4v) is 1.78. The van der Waals surface area contributed by atoms with Crippen LogP contribution in [-0.4, -0.2) is 30.2 Å². The Balaban J connectivity index is 2.08. The summed E-state index contributed by atoms with van der Waals surface area (Å²) in [5, 5.41) is 8.79. The van der Waals surface area contributed by atoms with E-state index in [-0.39, 0.29) is 23.1 Å². The average Bonchev–Trinajstić information content (AvgIpc) is 3.06. The molecule has 0 amide bonds. The van der Waals surface area contributed by atoms with Gasteiger partial charge in [0, 0.05) is 24.6 Å². The molecule has 1 aliphatic rings. The second-order valence-electron chi connectivity index (χ2n) is 4.17. The Morgan fingerprint density at radius 1 is 1.39 bits per heavy atom. The molecule has 0 aliphatic heterocycles. The molecule has 1 fully saturated rings. The molecular weight excluding hydrogens is 236 g/mol. The number of carboxylic acid groups (broad SMARTS) is 1. The number of imidazole rings is 1. The van der Waals surface area contributed by atoms with Crippen LogP contribution in [0, 0.1) is 0 Å². The molecule has 0 spiro atoms. The number of aromatic carboxylic acids is 1. The molecule has 92 valence electrons. The van der Waals surface area contributed by atoms with Gasteiger partial charge >= 0.3 is 5.97 Å². The van der Waals surface area contributed by atoms with Crippen LogP contribution in [0.3, 0.4) is 0 Å². The predicted octanol–water partition coefficient (Wildman–Crippen LogP) is 0.462. The van der Waals surface area contributed by atoms with Crippen LogP contribution < -0.4 is 5.56 Å². The van der Waals surface area contributed by atoms with E-state index >= 15 is 0 Å². The van der Waals surface area contributed by atoms with E-state index < -0.39 is 5.97 Å². The normalized spacial score (nSPS) is 14.7. The molecule has 18 heavy (non-hydrogen) atoms. The highest BCUT2D eigenvalue weighted by Crippen LogP contribution is 2.33. The van der Waals surface area contributed by atoms with E-state index in [1.807, 2.05) is 0 Å². The fourth-order valence-electron chi connectivity index (χ4n) is 1.78. The molecule has 0 saturated heterocycles. The smallest absolute Gasteiger partial charge is 0.356 e. The second-order valence-corrected chi connectivity index (χ2v) is 4.17. The number of carbonyl (C=O) groups is 1. The third kappa shape index (κ3) is 1.69. The van der Waals surface area contributed by atoms with Crippen LogP contribution in [0.5, 0.6) is 0 Å². The van der Waals surface area contributed by atoms with Crippen molar-refractivity contribution >= 4 is 5.97 Å². The largest absolute Gasteiger partial charge is 0.476 e. The van der Waals surface area contributed by atoms with Crippen LogP contribution >= 0.6 is 0 Å². The lowest BCUT2D eigenvalue weighted by molar-refractivity contribution is 0.0691. The molecule has 0 atom stereocenters. The molecule has 7 heteroatoms. The highest BCUT2D eigenvalue weighted by atomic mass is 16.4. The summed E-state index contributed by atoms with van der Waals surface area (Å²) in [7, 11) is 0. The van der Waals surface area contributed by atoms with Crippen molar-refractivity contribution in [1.82, 2.24) is 19.1 Å². The Morgan fingerprint density at radius 3 is 2.78 bits per heavy atom. The van der Waals surface area contributed by atoms with Gasteiger partial charge < -0.3 is 9.67 Å². The number of rotatable bonds is 3. The molecule has 0 unspecified atom stereocenters. The third-order valence-electron chi connectivity index (χ3n) is 2.84. The van der Waals surface area contributed by atoms with Gasteiger partial charge in [-0.2, -0.15) is 0 Å². The molecule has 7 nitrogen and oxygen atoms in total. The quantitative estimate of drug-likeness (QED) is 0.849. The lowest BCUT2D eigenvalue weighted by atomic mass is 10.5. The van der Waals surface area contributed by atoms with E-state index in [4.69, 9.17) is 5.11 Å². The van der Waals surface area contributed by atoms with Crippen LogP contribution in [0.25, 0.3) is 5.82 Å². The van der Waals surface area contributed by atoms with Crippen molar-refractivity contribution in [1.29, 1.82) is 0 Å². The minimum atomic E-state index is -1.13. The standard InChI is InChI=1S/C11H10N4O3/c16-10-9(12-3-4-15(10)7-1-2-7)14-5-8(11(17)18)13-6-14/h3-7H,1-2H2,(H,17,18). The molecule has 0 aromatic carbocycles. The molecule has 3 rings (SSSR count). The molecule has 2 heterocycles. The lowest BCUT2D eigenvalue weighted by Crippen LogP contribution is -2.24. The Kier molecular flexibility index (Phi) is 2.26. The number of aromatic nitrogens is 4. The second kappa shape index (κ2) is 3.80. The first-order valence-corrected chi connectivity index (χ1v) is 5.51. The molecule has 1 aliphatic carbocycles. The maximum absolute atomic E-state index is 12.1. The number of hydrogen-bond donors (Lipinski definition) is 1.